The number of aryl methyl sites for hydroxylation is 2. The van der Waals surface area contributed by atoms with E-state index in [0.29, 0.717) is 11.4 Å². The molecule has 3 N–H and O–H groups in total. The first-order chi connectivity index (χ1) is 8.90. The van der Waals surface area contributed by atoms with Gasteiger partial charge in [0, 0.05) is 0 Å². The number of anilines is 2. The molecule has 5 heteroatoms. The molecule has 0 aliphatic heterocycles. The molecule has 19 heavy (non-hydrogen) atoms. The van der Waals surface area contributed by atoms with Crippen LogP contribution in [0.3, 0.4) is 0 Å². The van der Waals surface area contributed by atoms with E-state index in [9.17, 15) is 8.42 Å². The Balaban J connectivity index is 2.42. The first-order valence-electron chi connectivity index (χ1n) is 5.85. The van der Waals surface area contributed by atoms with E-state index >= 15 is 0 Å². The van der Waals surface area contributed by atoms with Gasteiger partial charge >= 0.3 is 0 Å². The third kappa shape index (κ3) is 2.88. The number of benzene rings is 2. The van der Waals surface area contributed by atoms with Crippen LogP contribution in [-0.4, -0.2) is 8.42 Å². The van der Waals surface area contributed by atoms with Gasteiger partial charge in [0.25, 0.3) is 10.0 Å². The summed E-state index contributed by atoms with van der Waals surface area (Å²) in [5, 5.41) is 0. The van der Waals surface area contributed by atoms with Gasteiger partial charge in [0.1, 0.15) is 0 Å². The van der Waals surface area contributed by atoms with Gasteiger partial charge in [0.2, 0.25) is 0 Å². The number of sulfonamides is 1. The van der Waals surface area contributed by atoms with Crippen LogP contribution in [0.4, 0.5) is 11.4 Å². The van der Waals surface area contributed by atoms with Crippen LogP contribution < -0.4 is 10.5 Å². The zero-order valence-corrected chi connectivity index (χ0v) is 11.7. The predicted octanol–water partition coefficient (Wildman–Crippen LogP) is 2.69. The summed E-state index contributed by atoms with van der Waals surface area (Å²) in [6, 6.07) is 12.0. The Morgan fingerprint density at radius 2 is 1.74 bits per heavy atom. The average molecular weight is 276 g/mol. The molecule has 0 amide bonds. The highest BCUT2D eigenvalue weighted by atomic mass is 32.2. The van der Waals surface area contributed by atoms with Crippen molar-refractivity contribution in [3.63, 3.8) is 0 Å². The Hall–Kier alpha value is -2.01. The predicted molar refractivity (Wildman–Crippen MR) is 77.6 cm³/mol. The molecule has 100 valence electrons. The fraction of sp³-hybridized carbons (Fsp3) is 0.143. The lowest BCUT2D eigenvalue weighted by atomic mass is 10.2. The van der Waals surface area contributed by atoms with Gasteiger partial charge in [-0.2, -0.15) is 0 Å². The Morgan fingerprint density at radius 3 is 2.37 bits per heavy atom. The summed E-state index contributed by atoms with van der Waals surface area (Å²) < 4.78 is 27.1. The topological polar surface area (TPSA) is 72.2 Å². The van der Waals surface area contributed by atoms with Crippen LogP contribution in [0.15, 0.2) is 47.4 Å². The molecule has 0 unspecified atom stereocenters. The van der Waals surface area contributed by atoms with Gasteiger partial charge in [-0.3, -0.25) is 4.72 Å². The molecule has 0 aliphatic rings. The van der Waals surface area contributed by atoms with E-state index in [0.717, 1.165) is 11.1 Å². The Kier molecular flexibility index (Phi) is 3.48. The van der Waals surface area contributed by atoms with Crippen molar-refractivity contribution in [1.29, 1.82) is 0 Å². The molecule has 0 atom stereocenters. The second-order valence-electron chi connectivity index (χ2n) is 4.46. The molecule has 0 heterocycles. The number of hydrogen-bond donors (Lipinski definition) is 2. The van der Waals surface area contributed by atoms with Gasteiger partial charge in [-0.05, 0) is 43.2 Å². The number of hydrogen-bond acceptors (Lipinski definition) is 3. The largest absolute Gasteiger partial charge is 0.397 e. The van der Waals surface area contributed by atoms with Gasteiger partial charge in [-0.1, -0.05) is 24.3 Å². The van der Waals surface area contributed by atoms with Crippen molar-refractivity contribution < 1.29 is 8.42 Å². The minimum absolute atomic E-state index is 0.232. The standard InChI is InChI=1S/C14H16N2O2S/c1-10-5-3-7-12(9-10)19(17,18)16-14-11(2)6-4-8-13(14)15/h3-9,16H,15H2,1-2H3. The number of nitrogens with two attached hydrogens (primary N) is 1. The SMILES string of the molecule is Cc1cccc(S(=O)(=O)Nc2c(C)cccc2N)c1. The summed E-state index contributed by atoms with van der Waals surface area (Å²) in [4.78, 5) is 0.232. The van der Waals surface area contributed by atoms with Crippen molar-refractivity contribution in [3.8, 4) is 0 Å². The van der Waals surface area contributed by atoms with Crippen LogP contribution in [0.5, 0.6) is 0 Å². The van der Waals surface area contributed by atoms with Crippen molar-refractivity contribution in [2.75, 3.05) is 10.5 Å². The molecular formula is C14H16N2O2S. The first kappa shape index (κ1) is 13.4. The van der Waals surface area contributed by atoms with Crippen LogP contribution in [-0.2, 0) is 10.0 Å². The smallest absolute Gasteiger partial charge is 0.261 e. The number of rotatable bonds is 3. The fourth-order valence-electron chi connectivity index (χ4n) is 1.81. The molecule has 2 rings (SSSR count). The molecule has 2 aromatic rings. The molecule has 0 saturated heterocycles. The summed E-state index contributed by atoms with van der Waals surface area (Å²) in [5.41, 5.74) is 8.33. The second-order valence-corrected chi connectivity index (χ2v) is 6.14. The Morgan fingerprint density at radius 1 is 1.05 bits per heavy atom. The summed E-state index contributed by atoms with van der Waals surface area (Å²) in [6.45, 7) is 3.66. The second kappa shape index (κ2) is 4.93. The molecule has 0 saturated carbocycles. The lowest BCUT2D eigenvalue weighted by Gasteiger charge is -2.13. The molecule has 0 aliphatic carbocycles. The first-order valence-corrected chi connectivity index (χ1v) is 7.33. The lowest BCUT2D eigenvalue weighted by Crippen LogP contribution is -2.15. The van der Waals surface area contributed by atoms with E-state index in [4.69, 9.17) is 5.73 Å². The highest BCUT2D eigenvalue weighted by Gasteiger charge is 2.16. The fourth-order valence-corrected chi connectivity index (χ4v) is 3.07. The van der Waals surface area contributed by atoms with Crippen LogP contribution >= 0.6 is 0 Å². The highest BCUT2D eigenvalue weighted by Crippen LogP contribution is 2.25. The van der Waals surface area contributed by atoms with Gasteiger partial charge in [0.15, 0.2) is 0 Å². The summed E-state index contributed by atoms with van der Waals surface area (Å²) in [5.74, 6) is 0. The third-order valence-corrected chi connectivity index (χ3v) is 4.19. The van der Waals surface area contributed by atoms with Gasteiger partial charge in [0.05, 0.1) is 16.3 Å². The van der Waals surface area contributed by atoms with Crippen molar-refractivity contribution in [3.05, 3.63) is 53.6 Å². The van der Waals surface area contributed by atoms with E-state index in [1.807, 2.05) is 26.0 Å². The molecular weight excluding hydrogens is 260 g/mol. The molecule has 2 aromatic carbocycles. The summed E-state index contributed by atoms with van der Waals surface area (Å²) in [6.07, 6.45) is 0. The van der Waals surface area contributed by atoms with Gasteiger partial charge in [-0.15, -0.1) is 0 Å². The van der Waals surface area contributed by atoms with E-state index in [1.54, 1.807) is 30.3 Å². The van der Waals surface area contributed by atoms with E-state index in [-0.39, 0.29) is 4.90 Å². The van der Waals surface area contributed by atoms with Gasteiger partial charge in [-0.25, -0.2) is 8.42 Å². The number of para-hydroxylation sites is 1. The normalized spacial score (nSPS) is 11.3. The van der Waals surface area contributed by atoms with Crippen LogP contribution in [0.2, 0.25) is 0 Å². The van der Waals surface area contributed by atoms with E-state index in [2.05, 4.69) is 4.72 Å². The van der Waals surface area contributed by atoms with Gasteiger partial charge < -0.3 is 5.73 Å². The number of nitrogens with one attached hydrogen (secondary N) is 1. The minimum Gasteiger partial charge on any atom is -0.397 e. The minimum atomic E-state index is -3.61. The zero-order valence-electron chi connectivity index (χ0n) is 10.8. The highest BCUT2D eigenvalue weighted by molar-refractivity contribution is 7.92. The molecule has 0 fully saturated rings. The molecule has 0 bridgehead atoms. The maximum absolute atomic E-state index is 12.3. The maximum Gasteiger partial charge on any atom is 0.261 e. The molecule has 0 spiro atoms. The monoisotopic (exact) mass is 276 g/mol. The van der Waals surface area contributed by atoms with Crippen molar-refractivity contribution in [2.24, 2.45) is 0 Å². The third-order valence-electron chi connectivity index (χ3n) is 2.84. The quantitative estimate of drug-likeness (QED) is 0.847. The lowest BCUT2D eigenvalue weighted by molar-refractivity contribution is 0.601. The molecule has 4 nitrogen and oxygen atoms in total. The van der Waals surface area contributed by atoms with Crippen LogP contribution in [0.1, 0.15) is 11.1 Å². The van der Waals surface area contributed by atoms with Crippen molar-refractivity contribution >= 4 is 21.4 Å². The maximum atomic E-state index is 12.3. The summed E-state index contributed by atoms with van der Waals surface area (Å²) >= 11 is 0. The van der Waals surface area contributed by atoms with E-state index in [1.165, 1.54) is 0 Å². The van der Waals surface area contributed by atoms with Crippen LogP contribution in [0.25, 0.3) is 0 Å². The van der Waals surface area contributed by atoms with E-state index < -0.39 is 10.0 Å². The average Bonchev–Trinajstić information content (AvgIpc) is 2.34. The van der Waals surface area contributed by atoms with Crippen molar-refractivity contribution in [2.45, 2.75) is 18.7 Å². The summed E-state index contributed by atoms with van der Waals surface area (Å²) in [7, 11) is -3.61. The Labute approximate surface area is 113 Å². The van der Waals surface area contributed by atoms with Crippen molar-refractivity contribution in [1.82, 2.24) is 0 Å². The zero-order chi connectivity index (χ0) is 14.0. The molecule has 0 aromatic heterocycles. The Bertz CT molecular complexity index is 689. The number of nitrogen functional groups attached to an aromatic ring is 1. The van der Waals surface area contributed by atoms with Crippen LogP contribution in [0, 0.1) is 13.8 Å². The molecule has 0 radical (unpaired) electrons.